The molecule has 0 aromatic carbocycles. The van der Waals surface area contributed by atoms with Gasteiger partial charge in [0.15, 0.2) is 0 Å². The van der Waals surface area contributed by atoms with E-state index in [0.717, 1.165) is 17.8 Å². The quantitative estimate of drug-likeness (QED) is 0.925. The second kappa shape index (κ2) is 5.27. The van der Waals surface area contributed by atoms with Crippen LogP contribution in [0.2, 0.25) is 0 Å². The highest BCUT2D eigenvalue weighted by atomic mass is 15.1. The highest BCUT2D eigenvalue weighted by Gasteiger charge is 2.32. The zero-order chi connectivity index (χ0) is 14.0. The largest absolute Gasteiger partial charge is 0.384 e. The molecule has 0 radical (unpaired) electrons. The number of nitrogens with two attached hydrogens (primary N) is 1. The first-order valence-corrected chi connectivity index (χ1v) is 7.44. The molecule has 4 nitrogen and oxygen atoms in total. The fourth-order valence-corrected chi connectivity index (χ4v) is 3.40. The Bertz CT molecular complexity index is 582. The van der Waals surface area contributed by atoms with Crippen LogP contribution in [0.3, 0.4) is 0 Å². The van der Waals surface area contributed by atoms with Crippen LogP contribution < -0.4 is 5.73 Å². The average molecular weight is 270 g/mol. The molecule has 0 unspecified atom stereocenters. The average Bonchev–Trinajstić information content (AvgIpc) is 3.09. The highest BCUT2D eigenvalue weighted by molar-refractivity contribution is 5.61. The molecule has 20 heavy (non-hydrogen) atoms. The maximum Gasteiger partial charge on any atom is 0.123 e. The third kappa shape index (κ3) is 2.42. The van der Waals surface area contributed by atoms with Crippen molar-refractivity contribution in [1.82, 2.24) is 14.5 Å². The van der Waals surface area contributed by atoms with Gasteiger partial charge in [-0.2, -0.15) is 0 Å². The van der Waals surface area contributed by atoms with Crippen molar-refractivity contribution in [2.24, 2.45) is 5.41 Å². The van der Waals surface area contributed by atoms with Crippen LogP contribution in [0.1, 0.15) is 39.0 Å². The lowest BCUT2D eigenvalue weighted by atomic mass is 9.83. The van der Waals surface area contributed by atoms with Gasteiger partial charge in [0.1, 0.15) is 5.82 Å². The Morgan fingerprint density at radius 3 is 2.85 bits per heavy atom. The van der Waals surface area contributed by atoms with Crippen molar-refractivity contribution >= 4 is 5.82 Å². The molecule has 0 spiro atoms. The monoisotopic (exact) mass is 270 g/mol. The van der Waals surface area contributed by atoms with Crippen molar-refractivity contribution in [2.75, 3.05) is 5.73 Å². The van der Waals surface area contributed by atoms with E-state index in [9.17, 15) is 0 Å². The van der Waals surface area contributed by atoms with Crippen molar-refractivity contribution in [3.63, 3.8) is 0 Å². The van der Waals surface area contributed by atoms with Gasteiger partial charge in [-0.1, -0.05) is 19.8 Å². The van der Waals surface area contributed by atoms with Crippen molar-refractivity contribution in [3.05, 3.63) is 30.9 Å². The van der Waals surface area contributed by atoms with Crippen LogP contribution in [0, 0.1) is 5.41 Å². The van der Waals surface area contributed by atoms with Gasteiger partial charge in [0.05, 0.1) is 18.2 Å². The number of imidazole rings is 1. The summed E-state index contributed by atoms with van der Waals surface area (Å²) in [4.78, 5) is 8.40. The highest BCUT2D eigenvalue weighted by Crippen LogP contribution is 2.43. The van der Waals surface area contributed by atoms with Gasteiger partial charge in [-0.15, -0.1) is 0 Å². The van der Waals surface area contributed by atoms with Gasteiger partial charge in [0.25, 0.3) is 0 Å². The fourth-order valence-electron chi connectivity index (χ4n) is 3.40. The van der Waals surface area contributed by atoms with E-state index < -0.39 is 0 Å². The number of nitrogens with zero attached hydrogens (tertiary/aromatic N) is 3. The maximum atomic E-state index is 5.79. The van der Waals surface area contributed by atoms with E-state index in [-0.39, 0.29) is 0 Å². The minimum Gasteiger partial charge on any atom is -0.384 e. The number of nitrogen functional groups attached to an aromatic ring is 1. The van der Waals surface area contributed by atoms with E-state index in [4.69, 9.17) is 5.73 Å². The van der Waals surface area contributed by atoms with E-state index in [0.29, 0.717) is 11.2 Å². The molecular weight excluding hydrogens is 248 g/mol. The molecule has 2 N–H and O–H groups in total. The summed E-state index contributed by atoms with van der Waals surface area (Å²) in [6.45, 7) is 3.37. The third-order valence-electron chi connectivity index (χ3n) is 4.71. The number of hydrogen-bond donors (Lipinski definition) is 1. The van der Waals surface area contributed by atoms with E-state index in [1.54, 1.807) is 6.20 Å². The molecule has 1 fully saturated rings. The Kier molecular flexibility index (Phi) is 3.47. The van der Waals surface area contributed by atoms with Gasteiger partial charge in [-0.25, -0.2) is 9.97 Å². The Hall–Kier alpha value is -1.84. The molecule has 0 atom stereocenters. The molecule has 0 amide bonds. The first-order chi connectivity index (χ1) is 9.72. The predicted molar refractivity (Wildman–Crippen MR) is 81.1 cm³/mol. The van der Waals surface area contributed by atoms with Crippen LogP contribution in [-0.2, 0) is 6.54 Å². The predicted octanol–water partition coefficient (Wildman–Crippen LogP) is 3.50. The molecule has 1 aliphatic rings. The van der Waals surface area contributed by atoms with Crippen LogP contribution in [0.15, 0.2) is 30.9 Å². The number of pyridine rings is 1. The minimum atomic E-state index is 0.452. The summed E-state index contributed by atoms with van der Waals surface area (Å²) in [5.41, 5.74) is 8.48. The summed E-state index contributed by atoms with van der Waals surface area (Å²) in [5.74, 6) is 0.557. The van der Waals surface area contributed by atoms with Crippen LogP contribution in [0.25, 0.3) is 11.3 Å². The zero-order valence-electron chi connectivity index (χ0n) is 12.0. The van der Waals surface area contributed by atoms with Gasteiger partial charge >= 0.3 is 0 Å². The van der Waals surface area contributed by atoms with Gasteiger partial charge in [0.2, 0.25) is 0 Å². The summed E-state index contributed by atoms with van der Waals surface area (Å²) < 4.78 is 2.28. The number of anilines is 1. The molecule has 2 aromatic heterocycles. The summed E-state index contributed by atoms with van der Waals surface area (Å²) in [6, 6.07) is 3.91. The lowest BCUT2D eigenvalue weighted by Gasteiger charge is -2.28. The van der Waals surface area contributed by atoms with Gasteiger partial charge in [0, 0.05) is 18.3 Å². The van der Waals surface area contributed by atoms with Crippen molar-refractivity contribution in [3.8, 4) is 11.3 Å². The molecule has 1 saturated carbocycles. The van der Waals surface area contributed by atoms with Crippen LogP contribution in [0.4, 0.5) is 5.82 Å². The zero-order valence-corrected chi connectivity index (χ0v) is 12.0. The van der Waals surface area contributed by atoms with E-state index in [1.165, 1.54) is 32.1 Å². The van der Waals surface area contributed by atoms with Crippen molar-refractivity contribution < 1.29 is 0 Å². The first kappa shape index (κ1) is 13.2. The normalized spacial score (nSPS) is 17.4. The molecule has 0 aliphatic heterocycles. The molecule has 1 aliphatic carbocycles. The van der Waals surface area contributed by atoms with Crippen LogP contribution >= 0.6 is 0 Å². The molecule has 2 aromatic rings. The van der Waals surface area contributed by atoms with Gasteiger partial charge in [-0.05, 0) is 36.8 Å². The standard InChI is InChI=1S/C16H22N4/c1-2-16(6-3-4-7-16)11-20-12-18-10-14(20)13-5-8-19-15(17)9-13/h5,8-10,12H,2-4,6-7,11H2,1H3,(H2,17,19). The lowest BCUT2D eigenvalue weighted by Crippen LogP contribution is -2.22. The molecule has 0 bridgehead atoms. The molecule has 0 saturated heterocycles. The second-order valence-corrected chi connectivity index (χ2v) is 5.94. The second-order valence-electron chi connectivity index (χ2n) is 5.94. The number of hydrogen-bond acceptors (Lipinski definition) is 3. The van der Waals surface area contributed by atoms with E-state index in [2.05, 4.69) is 21.5 Å². The Morgan fingerprint density at radius 2 is 2.15 bits per heavy atom. The van der Waals surface area contributed by atoms with E-state index >= 15 is 0 Å². The topological polar surface area (TPSA) is 56.7 Å². The van der Waals surface area contributed by atoms with E-state index in [1.807, 2.05) is 24.7 Å². The van der Waals surface area contributed by atoms with Crippen molar-refractivity contribution in [2.45, 2.75) is 45.6 Å². The maximum absolute atomic E-state index is 5.79. The van der Waals surface area contributed by atoms with Crippen molar-refractivity contribution in [1.29, 1.82) is 0 Å². The Morgan fingerprint density at radius 1 is 1.35 bits per heavy atom. The smallest absolute Gasteiger partial charge is 0.123 e. The fraction of sp³-hybridized carbons (Fsp3) is 0.500. The van der Waals surface area contributed by atoms with Gasteiger partial charge in [-0.3, -0.25) is 0 Å². The summed E-state index contributed by atoms with van der Waals surface area (Å²) >= 11 is 0. The van der Waals surface area contributed by atoms with Crippen LogP contribution in [-0.4, -0.2) is 14.5 Å². The minimum absolute atomic E-state index is 0.452. The molecule has 2 heterocycles. The number of rotatable bonds is 4. The molecule has 106 valence electrons. The van der Waals surface area contributed by atoms with Crippen LogP contribution in [0.5, 0.6) is 0 Å². The molecule has 3 rings (SSSR count). The molecular formula is C16H22N4. The first-order valence-electron chi connectivity index (χ1n) is 7.44. The Labute approximate surface area is 120 Å². The third-order valence-corrected chi connectivity index (χ3v) is 4.71. The summed E-state index contributed by atoms with van der Waals surface area (Å²) in [5, 5.41) is 0. The van der Waals surface area contributed by atoms with Gasteiger partial charge < -0.3 is 10.3 Å². The number of aromatic nitrogens is 3. The summed E-state index contributed by atoms with van der Waals surface area (Å²) in [6.07, 6.45) is 12.3. The SMILES string of the molecule is CCC1(Cn2cncc2-c2ccnc(N)c2)CCCC1. The summed E-state index contributed by atoms with van der Waals surface area (Å²) in [7, 11) is 0. The molecule has 4 heteroatoms. The lowest BCUT2D eigenvalue weighted by molar-refractivity contribution is 0.238. The Balaban J connectivity index is 1.90.